The van der Waals surface area contributed by atoms with Crippen LogP contribution < -0.4 is 0 Å². The fourth-order valence-electron chi connectivity index (χ4n) is 2.97. The minimum absolute atomic E-state index is 0.124. The van der Waals surface area contributed by atoms with Gasteiger partial charge in [0.2, 0.25) is 10.8 Å². The molecule has 5 nitrogen and oxygen atoms in total. The Morgan fingerprint density at radius 1 is 1.24 bits per heavy atom. The van der Waals surface area contributed by atoms with E-state index in [-0.39, 0.29) is 11.9 Å². The van der Waals surface area contributed by atoms with Crippen molar-refractivity contribution >= 4 is 27.6 Å². The minimum Gasteiger partial charge on any atom is -0.492 e. The van der Waals surface area contributed by atoms with E-state index in [2.05, 4.69) is 32.5 Å². The van der Waals surface area contributed by atoms with Gasteiger partial charge in [-0.25, -0.2) is 4.98 Å². The van der Waals surface area contributed by atoms with E-state index in [1.54, 1.807) is 11.3 Å². The Labute approximate surface area is 130 Å². The monoisotopic (exact) mass is 320 g/mol. The summed E-state index contributed by atoms with van der Waals surface area (Å²) in [7, 11) is 0. The highest BCUT2D eigenvalue weighted by atomic mass is 32.1. The third kappa shape index (κ3) is 2.25. The molecule has 0 spiro atoms. The molecule has 1 aliphatic heterocycles. The summed E-state index contributed by atoms with van der Waals surface area (Å²) in [6, 6.07) is 4.35. The summed E-state index contributed by atoms with van der Waals surface area (Å²) in [6.07, 6.45) is 5.23. The first-order chi connectivity index (χ1) is 10.3. The fourth-order valence-corrected chi connectivity index (χ4v) is 4.99. The van der Waals surface area contributed by atoms with Crippen molar-refractivity contribution in [1.29, 1.82) is 0 Å². The molecule has 0 bridgehead atoms. The predicted octanol–water partition coefficient (Wildman–Crippen LogP) is 3.13. The lowest BCUT2D eigenvalue weighted by atomic mass is 10.1. The largest absolute Gasteiger partial charge is 0.492 e. The number of hydrogen-bond acceptors (Lipinski definition) is 6. The number of fused-ring (bicyclic) bond motifs is 1. The molecule has 1 saturated heterocycles. The molecule has 0 radical (unpaired) electrons. The molecule has 4 heterocycles. The number of likely N-dealkylation sites (tertiary alicyclic amines) is 1. The van der Waals surface area contributed by atoms with E-state index in [0.717, 1.165) is 22.9 Å². The first-order valence-electron chi connectivity index (χ1n) is 7.13. The van der Waals surface area contributed by atoms with E-state index in [4.69, 9.17) is 0 Å². The quantitative estimate of drug-likeness (QED) is 0.805. The van der Waals surface area contributed by atoms with Gasteiger partial charge in [0.25, 0.3) is 0 Å². The zero-order valence-corrected chi connectivity index (χ0v) is 13.1. The first kappa shape index (κ1) is 13.2. The molecule has 0 aromatic carbocycles. The van der Waals surface area contributed by atoms with Crippen molar-refractivity contribution in [2.45, 2.75) is 25.3 Å². The van der Waals surface area contributed by atoms with E-state index in [1.165, 1.54) is 46.3 Å². The molecule has 1 fully saturated rings. The average molecular weight is 320 g/mol. The topological polar surface area (TPSA) is 53.7 Å². The van der Waals surface area contributed by atoms with Crippen molar-refractivity contribution in [3.8, 4) is 5.88 Å². The lowest BCUT2D eigenvalue weighted by molar-refractivity contribution is 0.188. The Morgan fingerprint density at radius 2 is 2.10 bits per heavy atom. The van der Waals surface area contributed by atoms with Crippen LogP contribution in [0, 0.1) is 0 Å². The normalized spacial score (nSPS) is 18.3. The molecule has 1 aliphatic rings. The van der Waals surface area contributed by atoms with Gasteiger partial charge in [0.1, 0.15) is 6.33 Å². The number of aromatic nitrogens is 3. The molecule has 3 aromatic heterocycles. The highest BCUT2D eigenvalue weighted by molar-refractivity contribution is 7.17. The Bertz CT molecular complexity index is 727. The zero-order valence-electron chi connectivity index (χ0n) is 11.5. The standard InChI is InChI=1S/C14H16N4OS2/c19-13-12(21-14-15-9-16-18(13)14)11(10-5-4-8-20-10)17-6-2-1-3-7-17/h4-5,8-9,11,19H,1-3,6-7H2/t11-/m0/s1. The Morgan fingerprint density at radius 3 is 2.81 bits per heavy atom. The van der Waals surface area contributed by atoms with E-state index in [9.17, 15) is 5.11 Å². The van der Waals surface area contributed by atoms with Gasteiger partial charge in [-0.2, -0.15) is 9.61 Å². The minimum atomic E-state index is 0.124. The number of thiophene rings is 1. The molecule has 1 N–H and O–H groups in total. The summed E-state index contributed by atoms with van der Waals surface area (Å²) in [4.78, 5) is 9.66. The second-order valence-electron chi connectivity index (χ2n) is 5.26. The predicted molar refractivity (Wildman–Crippen MR) is 84.1 cm³/mol. The number of rotatable bonds is 3. The first-order valence-corrected chi connectivity index (χ1v) is 8.83. The summed E-state index contributed by atoms with van der Waals surface area (Å²) in [5.41, 5.74) is 0. The number of piperidine rings is 1. The van der Waals surface area contributed by atoms with Crippen LogP contribution in [0.3, 0.4) is 0 Å². The molecular formula is C14H16N4OS2. The van der Waals surface area contributed by atoms with Crippen LogP contribution in [-0.2, 0) is 0 Å². The van der Waals surface area contributed by atoms with Gasteiger partial charge in [-0.3, -0.25) is 4.90 Å². The molecule has 110 valence electrons. The summed E-state index contributed by atoms with van der Waals surface area (Å²) in [6.45, 7) is 2.16. The van der Waals surface area contributed by atoms with Gasteiger partial charge < -0.3 is 5.11 Å². The summed E-state index contributed by atoms with van der Waals surface area (Å²) >= 11 is 3.28. The maximum atomic E-state index is 10.5. The average Bonchev–Trinajstić information content (AvgIpc) is 3.22. The summed E-state index contributed by atoms with van der Waals surface area (Å²) in [5, 5.41) is 16.7. The van der Waals surface area contributed by atoms with Crippen LogP contribution in [-0.4, -0.2) is 37.7 Å². The van der Waals surface area contributed by atoms with Crippen LogP contribution in [0.15, 0.2) is 23.8 Å². The molecule has 0 amide bonds. The van der Waals surface area contributed by atoms with E-state index in [1.807, 2.05) is 0 Å². The van der Waals surface area contributed by atoms with Gasteiger partial charge in [-0.1, -0.05) is 23.8 Å². The lowest BCUT2D eigenvalue weighted by Gasteiger charge is -2.33. The maximum absolute atomic E-state index is 10.5. The molecule has 1 atom stereocenters. The van der Waals surface area contributed by atoms with Gasteiger partial charge >= 0.3 is 0 Å². The number of nitrogens with zero attached hydrogens (tertiary/aromatic N) is 4. The number of hydrogen-bond donors (Lipinski definition) is 1. The van der Waals surface area contributed by atoms with Gasteiger partial charge in [0.15, 0.2) is 0 Å². The van der Waals surface area contributed by atoms with Crippen LogP contribution >= 0.6 is 22.7 Å². The molecule has 21 heavy (non-hydrogen) atoms. The fraction of sp³-hybridized carbons (Fsp3) is 0.429. The Balaban J connectivity index is 1.81. The van der Waals surface area contributed by atoms with Gasteiger partial charge in [-0.05, 0) is 37.4 Å². The van der Waals surface area contributed by atoms with Crippen molar-refractivity contribution in [3.63, 3.8) is 0 Å². The van der Waals surface area contributed by atoms with Crippen molar-refractivity contribution in [2.75, 3.05) is 13.1 Å². The number of thiazole rings is 1. The van der Waals surface area contributed by atoms with Gasteiger partial charge in [-0.15, -0.1) is 11.3 Å². The highest BCUT2D eigenvalue weighted by Gasteiger charge is 2.30. The van der Waals surface area contributed by atoms with Gasteiger partial charge in [0, 0.05) is 4.88 Å². The highest BCUT2D eigenvalue weighted by Crippen LogP contribution is 2.41. The van der Waals surface area contributed by atoms with Crippen molar-refractivity contribution in [1.82, 2.24) is 19.5 Å². The van der Waals surface area contributed by atoms with E-state index >= 15 is 0 Å². The lowest BCUT2D eigenvalue weighted by Crippen LogP contribution is -2.33. The van der Waals surface area contributed by atoms with Crippen LogP contribution in [0.1, 0.15) is 35.1 Å². The second kappa shape index (κ2) is 5.40. The van der Waals surface area contributed by atoms with Crippen LogP contribution in [0.5, 0.6) is 5.88 Å². The van der Waals surface area contributed by atoms with Gasteiger partial charge in [0.05, 0.1) is 10.9 Å². The smallest absolute Gasteiger partial charge is 0.230 e. The Hall–Kier alpha value is -1.44. The molecule has 0 saturated carbocycles. The molecule has 7 heteroatoms. The van der Waals surface area contributed by atoms with E-state index < -0.39 is 0 Å². The maximum Gasteiger partial charge on any atom is 0.230 e. The van der Waals surface area contributed by atoms with Crippen molar-refractivity contribution in [3.05, 3.63) is 33.6 Å². The Kier molecular flexibility index (Phi) is 3.40. The summed E-state index contributed by atoms with van der Waals surface area (Å²) < 4.78 is 1.53. The second-order valence-corrected chi connectivity index (χ2v) is 7.25. The molecule has 3 aromatic rings. The number of aromatic hydroxyl groups is 1. The van der Waals surface area contributed by atoms with Crippen molar-refractivity contribution < 1.29 is 5.11 Å². The SMILES string of the molecule is Oc1c([C@H](c2cccs2)N2CCCCC2)sc2ncnn12. The third-order valence-corrected chi connectivity index (χ3v) is 5.97. The van der Waals surface area contributed by atoms with Crippen LogP contribution in [0.25, 0.3) is 4.96 Å². The third-order valence-electron chi connectivity index (χ3n) is 3.96. The van der Waals surface area contributed by atoms with Crippen LogP contribution in [0.4, 0.5) is 0 Å². The summed E-state index contributed by atoms with van der Waals surface area (Å²) in [5.74, 6) is 0.233. The van der Waals surface area contributed by atoms with E-state index in [0.29, 0.717) is 0 Å². The van der Waals surface area contributed by atoms with Crippen molar-refractivity contribution in [2.24, 2.45) is 0 Å². The molecule has 4 rings (SSSR count). The molecule has 0 aliphatic carbocycles. The zero-order chi connectivity index (χ0) is 14.2. The molecular weight excluding hydrogens is 304 g/mol. The van der Waals surface area contributed by atoms with Crippen LogP contribution in [0.2, 0.25) is 0 Å². The molecule has 0 unspecified atom stereocenters.